The first-order valence-corrected chi connectivity index (χ1v) is 7.22. The van der Waals surface area contributed by atoms with Crippen molar-refractivity contribution in [1.82, 2.24) is 10.6 Å². The SMILES string of the molecule is CCC(CC)CNC(=O)C(C)NC(=O)c1ccccc1. The maximum Gasteiger partial charge on any atom is 0.251 e. The number of carbonyl (C=O) groups is 2. The number of benzene rings is 1. The second kappa shape index (κ2) is 8.35. The van der Waals surface area contributed by atoms with E-state index in [0.717, 1.165) is 12.8 Å². The molecule has 2 N–H and O–H groups in total. The summed E-state index contributed by atoms with van der Waals surface area (Å²) in [5.74, 6) is 0.132. The fraction of sp³-hybridized carbons (Fsp3) is 0.500. The lowest BCUT2D eigenvalue weighted by Crippen LogP contribution is -2.45. The van der Waals surface area contributed by atoms with Gasteiger partial charge < -0.3 is 10.6 Å². The average Bonchev–Trinajstić information content (AvgIpc) is 2.48. The van der Waals surface area contributed by atoms with Crippen LogP contribution in [0.2, 0.25) is 0 Å². The van der Waals surface area contributed by atoms with Crippen LogP contribution in [-0.2, 0) is 4.79 Å². The number of hydrogen-bond acceptors (Lipinski definition) is 2. The van der Waals surface area contributed by atoms with Crippen LogP contribution < -0.4 is 10.6 Å². The molecule has 0 aromatic heterocycles. The molecule has 0 fully saturated rings. The van der Waals surface area contributed by atoms with Crippen molar-refractivity contribution in [3.8, 4) is 0 Å². The topological polar surface area (TPSA) is 58.2 Å². The van der Waals surface area contributed by atoms with Crippen molar-refractivity contribution < 1.29 is 9.59 Å². The average molecular weight is 276 g/mol. The lowest BCUT2D eigenvalue weighted by Gasteiger charge is -2.17. The Kier molecular flexibility index (Phi) is 6.77. The molecule has 0 heterocycles. The Balaban J connectivity index is 2.44. The quantitative estimate of drug-likeness (QED) is 0.803. The van der Waals surface area contributed by atoms with Gasteiger partial charge in [-0.2, -0.15) is 0 Å². The minimum absolute atomic E-state index is 0.138. The molecule has 0 aliphatic heterocycles. The van der Waals surface area contributed by atoms with Gasteiger partial charge in [0.25, 0.3) is 5.91 Å². The molecule has 110 valence electrons. The Bertz CT molecular complexity index is 427. The second-order valence-corrected chi connectivity index (χ2v) is 4.99. The van der Waals surface area contributed by atoms with Gasteiger partial charge in [-0.25, -0.2) is 0 Å². The lowest BCUT2D eigenvalue weighted by atomic mass is 10.0. The molecule has 0 bridgehead atoms. The summed E-state index contributed by atoms with van der Waals surface area (Å²) in [5, 5.41) is 5.59. The number of rotatable bonds is 7. The molecule has 2 amide bonds. The molecule has 1 aromatic rings. The Morgan fingerprint density at radius 3 is 2.25 bits per heavy atom. The molecule has 0 radical (unpaired) electrons. The van der Waals surface area contributed by atoms with Crippen molar-refractivity contribution >= 4 is 11.8 Å². The van der Waals surface area contributed by atoms with Gasteiger partial charge in [0.15, 0.2) is 0 Å². The summed E-state index contributed by atoms with van der Waals surface area (Å²) in [5.41, 5.74) is 0.562. The maximum absolute atomic E-state index is 11.9. The molecular formula is C16H24N2O2. The van der Waals surface area contributed by atoms with E-state index < -0.39 is 6.04 Å². The van der Waals surface area contributed by atoms with E-state index in [4.69, 9.17) is 0 Å². The highest BCUT2D eigenvalue weighted by Gasteiger charge is 2.16. The monoisotopic (exact) mass is 276 g/mol. The number of amides is 2. The third-order valence-electron chi connectivity index (χ3n) is 3.50. The van der Waals surface area contributed by atoms with E-state index in [0.29, 0.717) is 18.0 Å². The van der Waals surface area contributed by atoms with E-state index in [1.807, 2.05) is 6.07 Å². The van der Waals surface area contributed by atoms with Crippen LogP contribution in [0, 0.1) is 5.92 Å². The smallest absolute Gasteiger partial charge is 0.251 e. The van der Waals surface area contributed by atoms with Crippen LogP contribution in [0.25, 0.3) is 0 Å². The first-order valence-electron chi connectivity index (χ1n) is 7.22. The number of carbonyl (C=O) groups excluding carboxylic acids is 2. The van der Waals surface area contributed by atoms with E-state index in [1.54, 1.807) is 31.2 Å². The molecule has 20 heavy (non-hydrogen) atoms. The normalized spacial score (nSPS) is 12.0. The van der Waals surface area contributed by atoms with E-state index in [1.165, 1.54) is 0 Å². The van der Waals surface area contributed by atoms with Crippen LogP contribution >= 0.6 is 0 Å². The maximum atomic E-state index is 11.9. The van der Waals surface area contributed by atoms with Crippen molar-refractivity contribution in [3.05, 3.63) is 35.9 Å². The summed E-state index contributed by atoms with van der Waals surface area (Å²) in [6.45, 7) is 6.59. The van der Waals surface area contributed by atoms with Crippen molar-refractivity contribution in [2.75, 3.05) is 6.54 Å². The minimum atomic E-state index is -0.530. The molecule has 1 unspecified atom stereocenters. The Labute approximate surface area is 121 Å². The first kappa shape index (κ1) is 16.2. The molecular weight excluding hydrogens is 252 g/mol. The van der Waals surface area contributed by atoms with Gasteiger partial charge in [-0.3, -0.25) is 9.59 Å². The summed E-state index contributed by atoms with van der Waals surface area (Å²) >= 11 is 0. The van der Waals surface area contributed by atoms with Gasteiger partial charge in [0.1, 0.15) is 6.04 Å². The molecule has 0 aliphatic carbocycles. The van der Waals surface area contributed by atoms with Crippen molar-refractivity contribution in [3.63, 3.8) is 0 Å². The summed E-state index contributed by atoms with van der Waals surface area (Å²) < 4.78 is 0. The summed E-state index contributed by atoms with van der Waals surface area (Å²) in [6, 6.07) is 8.37. The number of nitrogens with one attached hydrogen (secondary N) is 2. The highest BCUT2D eigenvalue weighted by atomic mass is 16.2. The standard InChI is InChI=1S/C16H24N2O2/c1-4-13(5-2)11-17-15(19)12(3)18-16(20)14-9-7-6-8-10-14/h6-10,12-13H,4-5,11H2,1-3H3,(H,17,19)(H,18,20). The van der Waals surface area contributed by atoms with E-state index in [-0.39, 0.29) is 11.8 Å². The van der Waals surface area contributed by atoms with Crippen LogP contribution in [-0.4, -0.2) is 24.4 Å². The van der Waals surface area contributed by atoms with Crippen LogP contribution in [0.1, 0.15) is 44.0 Å². The molecule has 1 aromatic carbocycles. The van der Waals surface area contributed by atoms with E-state index in [9.17, 15) is 9.59 Å². The molecule has 4 heteroatoms. The molecule has 4 nitrogen and oxygen atoms in total. The van der Waals surface area contributed by atoms with Gasteiger partial charge in [0, 0.05) is 12.1 Å². The zero-order valence-electron chi connectivity index (χ0n) is 12.5. The van der Waals surface area contributed by atoms with Gasteiger partial charge in [-0.05, 0) is 25.0 Å². The Hall–Kier alpha value is -1.84. The molecule has 0 saturated heterocycles. The predicted molar refractivity (Wildman–Crippen MR) is 80.5 cm³/mol. The van der Waals surface area contributed by atoms with Gasteiger partial charge in [0.05, 0.1) is 0 Å². The fourth-order valence-corrected chi connectivity index (χ4v) is 1.91. The van der Waals surface area contributed by atoms with Crippen molar-refractivity contribution in [2.24, 2.45) is 5.92 Å². The first-order chi connectivity index (χ1) is 9.58. The van der Waals surface area contributed by atoms with Gasteiger partial charge >= 0.3 is 0 Å². The highest BCUT2D eigenvalue weighted by molar-refractivity contribution is 5.97. The Morgan fingerprint density at radius 2 is 1.70 bits per heavy atom. The van der Waals surface area contributed by atoms with Crippen LogP contribution in [0.5, 0.6) is 0 Å². The minimum Gasteiger partial charge on any atom is -0.354 e. The fourth-order valence-electron chi connectivity index (χ4n) is 1.91. The number of hydrogen-bond donors (Lipinski definition) is 2. The van der Waals surface area contributed by atoms with E-state index in [2.05, 4.69) is 24.5 Å². The molecule has 0 saturated carbocycles. The zero-order valence-corrected chi connectivity index (χ0v) is 12.5. The van der Waals surface area contributed by atoms with E-state index >= 15 is 0 Å². The third-order valence-corrected chi connectivity index (χ3v) is 3.50. The zero-order chi connectivity index (χ0) is 15.0. The molecule has 1 atom stereocenters. The van der Waals surface area contributed by atoms with Crippen LogP contribution in [0.4, 0.5) is 0 Å². The summed E-state index contributed by atoms with van der Waals surface area (Å²) in [6.07, 6.45) is 2.09. The molecule has 1 rings (SSSR count). The Morgan fingerprint density at radius 1 is 1.10 bits per heavy atom. The third kappa shape index (κ3) is 5.03. The van der Waals surface area contributed by atoms with Gasteiger partial charge in [-0.1, -0.05) is 44.9 Å². The molecule has 0 spiro atoms. The van der Waals surface area contributed by atoms with Gasteiger partial charge in [0.2, 0.25) is 5.91 Å². The van der Waals surface area contributed by atoms with Gasteiger partial charge in [-0.15, -0.1) is 0 Å². The van der Waals surface area contributed by atoms with Crippen molar-refractivity contribution in [1.29, 1.82) is 0 Å². The molecule has 0 aliphatic rings. The van der Waals surface area contributed by atoms with Crippen LogP contribution in [0.3, 0.4) is 0 Å². The van der Waals surface area contributed by atoms with Crippen LogP contribution in [0.15, 0.2) is 30.3 Å². The second-order valence-electron chi connectivity index (χ2n) is 4.99. The van der Waals surface area contributed by atoms with Crippen molar-refractivity contribution in [2.45, 2.75) is 39.7 Å². The largest absolute Gasteiger partial charge is 0.354 e. The summed E-state index contributed by atoms with van der Waals surface area (Å²) in [4.78, 5) is 23.8. The summed E-state index contributed by atoms with van der Waals surface area (Å²) in [7, 11) is 0. The predicted octanol–water partition coefficient (Wildman–Crippen LogP) is 2.36. The lowest BCUT2D eigenvalue weighted by molar-refractivity contribution is -0.122. The highest BCUT2D eigenvalue weighted by Crippen LogP contribution is 2.05.